The monoisotopic (exact) mass is 989 g/mol. The number of nitrogens with zero attached hydrogens (tertiary/aromatic N) is 1. The van der Waals surface area contributed by atoms with Gasteiger partial charge in [0.15, 0.2) is 5.96 Å². The number of carboxylic acids is 1. The summed E-state index contributed by atoms with van der Waals surface area (Å²) in [6.07, 6.45) is -0.150. The van der Waals surface area contributed by atoms with E-state index in [4.69, 9.17) is 22.9 Å². The molecule has 0 rings (SSSR count). The molecule has 28 heteroatoms. The summed E-state index contributed by atoms with van der Waals surface area (Å²) in [6.45, 7) is 6.44. The highest BCUT2D eigenvalue weighted by atomic mass is 16.4. The van der Waals surface area contributed by atoms with E-state index < -0.39 is 140 Å². The van der Waals surface area contributed by atoms with Crippen LogP contribution in [0.15, 0.2) is 4.99 Å². The van der Waals surface area contributed by atoms with Gasteiger partial charge in [0.2, 0.25) is 53.2 Å². The van der Waals surface area contributed by atoms with Crippen molar-refractivity contribution in [2.75, 3.05) is 39.4 Å². The maximum absolute atomic E-state index is 13.8. The molecule has 0 unspecified atom stereocenters. The first kappa shape index (κ1) is 62.8. The first-order chi connectivity index (χ1) is 32.3. The number of rotatable bonds is 34. The lowest BCUT2D eigenvalue weighted by Gasteiger charge is -2.27. The fourth-order valence-electron chi connectivity index (χ4n) is 6.08. The molecule has 0 saturated heterocycles. The van der Waals surface area contributed by atoms with Crippen molar-refractivity contribution in [2.45, 2.75) is 141 Å². The summed E-state index contributed by atoms with van der Waals surface area (Å²) in [5.41, 5.74) is 22.0. The number of guanidine groups is 1. The molecule has 0 aromatic heterocycles. The predicted molar refractivity (Wildman–Crippen MR) is 248 cm³/mol. The fraction of sp³-hybridized carbons (Fsp3) is 0.732. The highest BCUT2D eigenvalue weighted by molar-refractivity contribution is 5.97. The Morgan fingerprint density at radius 1 is 0.522 bits per heavy atom. The Balaban J connectivity index is 6.10. The van der Waals surface area contributed by atoms with Gasteiger partial charge in [-0.3, -0.25) is 52.9 Å². The average molecular weight is 989 g/mol. The minimum atomic E-state index is -1.74. The summed E-state index contributed by atoms with van der Waals surface area (Å²) < 4.78 is 0. The van der Waals surface area contributed by atoms with Crippen molar-refractivity contribution in [3.05, 3.63) is 0 Å². The van der Waals surface area contributed by atoms with Crippen LogP contribution in [0.25, 0.3) is 0 Å². The van der Waals surface area contributed by atoms with Gasteiger partial charge in [-0.2, -0.15) is 0 Å². The molecule has 0 aromatic carbocycles. The average Bonchev–Trinajstić information content (AvgIpc) is 3.27. The van der Waals surface area contributed by atoms with E-state index >= 15 is 0 Å². The molecule has 0 radical (unpaired) electrons. The van der Waals surface area contributed by atoms with Gasteiger partial charge in [-0.25, -0.2) is 0 Å². The number of aliphatic imine (C=N–C) groups is 1. The van der Waals surface area contributed by atoms with E-state index in [1.54, 1.807) is 27.7 Å². The zero-order valence-corrected chi connectivity index (χ0v) is 40.2. The number of carbonyl (C=O) groups excluding carboxylic acids is 9. The minimum absolute atomic E-state index is 0.0277. The number of carbonyl (C=O) groups is 10. The van der Waals surface area contributed by atoms with Gasteiger partial charge in [0.25, 0.3) is 0 Å². The molecule has 69 heavy (non-hydrogen) atoms. The lowest BCUT2D eigenvalue weighted by atomic mass is 10.0. The van der Waals surface area contributed by atoms with Crippen molar-refractivity contribution in [1.29, 1.82) is 0 Å². The van der Waals surface area contributed by atoms with E-state index in [-0.39, 0.29) is 63.0 Å². The number of hydrogen-bond acceptors (Lipinski definition) is 16. The summed E-state index contributed by atoms with van der Waals surface area (Å²) in [5, 5.41) is 60.1. The van der Waals surface area contributed by atoms with Crippen LogP contribution in [0, 0.1) is 11.8 Å². The van der Waals surface area contributed by atoms with Crippen LogP contribution in [0.2, 0.25) is 0 Å². The number of nitrogens with two attached hydrogens (primary N) is 4. The molecule has 0 aromatic rings. The lowest BCUT2D eigenvalue weighted by molar-refractivity contribution is -0.142. The Hall–Kier alpha value is -6.23. The van der Waals surface area contributed by atoms with Gasteiger partial charge < -0.3 is 91.2 Å². The summed E-state index contributed by atoms with van der Waals surface area (Å²) in [6, 6.07) is -11.2. The van der Waals surface area contributed by atoms with Gasteiger partial charge in [0, 0.05) is 6.54 Å². The van der Waals surface area contributed by atoms with Crippen LogP contribution in [0.3, 0.4) is 0 Å². The number of carboxylic acid groups (broad SMARTS) is 1. The van der Waals surface area contributed by atoms with Crippen LogP contribution in [0.4, 0.5) is 0 Å². The summed E-state index contributed by atoms with van der Waals surface area (Å²) in [5.74, 6) is -10.1. The van der Waals surface area contributed by atoms with Crippen molar-refractivity contribution < 1.29 is 68.4 Å². The number of aliphatic hydroxyl groups is 3. The summed E-state index contributed by atoms with van der Waals surface area (Å²) >= 11 is 0. The molecular weight excluding hydrogens is 913 g/mol. The molecule has 0 saturated carbocycles. The largest absolute Gasteiger partial charge is 0.480 e. The van der Waals surface area contributed by atoms with Gasteiger partial charge in [-0.05, 0) is 77.2 Å². The number of hydrogen-bond donors (Lipinski definition) is 17. The van der Waals surface area contributed by atoms with Crippen molar-refractivity contribution >= 4 is 65.1 Å². The number of aliphatic carboxylic acids is 1. The van der Waals surface area contributed by atoms with E-state index in [1.165, 1.54) is 13.8 Å². The van der Waals surface area contributed by atoms with E-state index in [9.17, 15) is 68.4 Å². The van der Waals surface area contributed by atoms with Gasteiger partial charge in [-0.15, -0.1) is 0 Å². The molecular formula is C41H76N14O14. The van der Waals surface area contributed by atoms with Crippen molar-refractivity contribution in [3.63, 3.8) is 0 Å². The first-order valence-electron chi connectivity index (χ1n) is 22.6. The van der Waals surface area contributed by atoms with Crippen molar-refractivity contribution in [3.8, 4) is 0 Å². The van der Waals surface area contributed by atoms with Crippen LogP contribution in [0.1, 0.15) is 86.5 Å². The smallest absolute Gasteiger partial charge is 0.325 e. The zero-order valence-electron chi connectivity index (χ0n) is 40.2. The third kappa shape index (κ3) is 26.2. The second-order valence-electron chi connectivity index (χ2n) is 17.1. The molecule has 28 nitrogen and oxygen atoms in total. The van der Waals surface area contributed by atoms with Crippen LogP contribution in [0.5, 0.6) is 0 Å². The predicted octanol–water partition coefficient (Wildman–Crippen LogP) is -7.32. The first-order valence-corrected chi connectivity index (χ1v) is 22.6. The normalized spacial score (nSPS) is 15.0. The maximum Gasteiger partial charge on any atom is 0.325 e. The van der Waals surface area contributed by atoms with Crippen molar-refractivity contribution in [1.82, 2.24) is 47.9 Å². The number of amides is 9. The van der Waals surface area contributed by atoms with Gasteiger partial charge in [0.1, 0.15) is 48.3 Å². The SMILES string of the molecule is CC(C)C[C@H](NC(=O)[C@H](CO)NC(=O)[C@H](CO)NC(=O)[C@H](CC(C)C)NC(=O)[C@H](CCCN=C(N)N)NC(=O)CNC(=O)[C@H](CCCCN)NC(=O)CNC(=O)[C@@H](N)[C@@H](C)O)C(=O)N[C@@H](C)C(=O)O. The van der Waals surface area contributed by atoms with E-state index in [1.807, 2.05) is 0 Å². The Bertz CT molecular complexity index is 1750. The zero-order chi connectivity index (χ0) is 53.0. The summed E-state index contributed by atoms with van der Waals surface area (Å²) in [7, 11) is 0. The molecule has 0 aliphatic heterocycles. The Morgan fingerprint density at radius 2 is 0.913 bits per heavy atom. The van der Waals surface area contributed by atoms with Crippen LogP contribution in [-0.4, -0.2) is 179 Å². The quantitative estimate of drug-likeness (QED) is 0.0162. The van der Waals surface area contributed by atoms with E-state index in [0.717, 1.165) is 0 Å². The Morgan fingerprint density at radius 3 is 1.32 bits per heavy atom. The maximum atomic E-state index is 13.8. The number of unbranched alkanes of at least 4 members (excludes halogenated alkanes) is 1. The second-order valence-corrected chi connectivity index (χ2v) is 17.1. The lowest BCUT2D eigenvalue weighted by Crippen LogP contribution is -2.61. The molecule has 0 heterocycles. The molecule has 9 atom stereocenters. The molecule has 0 aliphatic rings. The van der Waals surface area contributed by atoms with Gasteiger partial charge in [0.05, 0.1) is 32.4 Å². The number of nitrogens with one attached hydrogen (secondary N) is 9. The highest BCUT2D eigenvalue weighted by Gasteiger charge is 2.33. The molecule has 0 aliphatic carbocycles. The van der Waals surface area contributed by atoms with Crippen molar-refractivity contribution in [2.24, 2.45) is 39.8 Å². The highest BCUT2D eigenvalue weighted by Crippen LogP contribution is 2.09. The second kappa shape index (κ2) is 33.3. The van der Waals surface area contributed by atoms with Crippen LogP contribution in [-0.2, 0) is 47.9 Å². The molecule has 0 spiro atoms. The van der Waals surface area contributed by atoms with Gasteiger partial charge >= 0.3 is 5.97 Å². The summed E-state index contributed by atoms with van der Waals surface area (Å²) in [4.78, 5) is 133. The van der Waals surface area contributed by atoms with Crippen LogP contribution >= 0.6 is 0 Å². The molecule has 9 amide bonds. The minimum Gasteiger partial charge on any atom is -0.480 e. The third-order valence-corrected chi connectivity index (χ3v) is 9.90. The standard InChI is InChI=1S/C41H76N14O14/c1-20(2)14-26(35(63)49-22(5)40(68)69)53-37(65)28(18-56)55-38(66)29(19-57)54-36(64)27(15-21(3)4)52-34(62)25(11-9-13-46-41(44)45)51-30(59)16-47-33(61)24(10-7-8-12-42)50-31(60)17-48-39(67)32(43)23(6)58/h20-29,32,56-58H,7-19,42-43H2,1-6H3,(H,47,61)(H,48,67)(H,49,63)(H,50,60)(H,51,59)(H,52,62)(H,53,65)(H,54,64)(H,55,66)(H,68,69)(H4,44,45,46)/t22-,23+,24-,25-,26-,27-,28-,29-,32-/m0/s1. The van der Waals surface area contributed by atoms with Gasteiger partial charge in [-0.1, -0.05) is 27.7 Å². The Labute approximate surface area is 400 Å². The molecule has 0 fully saturated rings. The van der Waals surface area contributed by atoms with E-state index in [2.05, 4.69) is 52.8 Å². The van der Waals surface area contributed by atoms with E-state index in [0.29, 0.717) is 12.8 Å². The third-order valence-electron chi connectivity index (χ3n) is 9.90. The molecule has 394 valence electrons. The van der Waals surface area contributed by atoms with Crippen LogP contribution < -0.4 is 70.8 Å². The Kier molecular flexibility index (Phi) is 30.3. The fourth-order valence-corrected chi connectivity index (χ4v) is 6.08. The molecule has 21 N–H and O–H groups in total. The number of aliphatic hydroxyl groups excluding tert-OH is 3. The topological polar surface area (TPSA) is 476 Å². The molecule has 0 bridgehead atoms.